The molecular weight excluding hydrogens is 613 g/mol. The summed E-state index contributed by atoms with van der Waals surface area (Å²) in [6.07, 6.45) is 3.16. The fourth-order valence-electron chi connectivity index (χ4n) is 3.97. The van der Waals surface area contributed by atoms with Crippen LogP contribution in [0.5, 0.6) is 5.75 Å². The zero-order chi connectivity index (χ0) is 34.3. The van der Waals surface area contributed by atoms with E-state index in [9.17, 15) is 4.79 Å². The number of hydrogen-bond donors (Lipinski definition) is 3. The SMILES string of the molecule is CC.CCc1ccccc1.COC(=O)C(Cc1ccccc1)Nc1ccnc(Cl)n1.OB(O)c1ccc(OCc2ccccc2)cc1. The summed E-state index contributed by atoms with van der Waals surface area (Å²) in [7, 11) is -0.0761. The molecule has 0 radical (unpaired) electrons. The Hall–Kier alpha value is -4.70. The summed E-state index contributed by atoms with van der Waals surface area (Å²) in [5.74, 6) is 0.832. The van der Waals surface area contributed by atoms with Gasteiger partial charge in [0.15, 0.2) is 0 Å². The van der Waals surface area contributed by atoms with Crippen LogP contribution < -0.4 is 15.5 Å². The number of aromatic nitrogens is 2. The third kappa shape index (κ3) is 15.4. The van der Waals surface area contributed by atoms with Gasteiger partial charge in [0.1, 0.15) is 24.2 Å². The first-order valence-corrected chi connectivity index (χ1v) is 15.8. The van der Waals surface area contributed by atoms with Gasteiger partial charge in [-0.2, -0.15) is 0 Å². The molecule has 246 valence electrons. The predicted molar refractivity (Wildman–Crippen MR) is 191 cm³/mol. The number of halogens is 1. The minimum absolute atomic E-state index is 0.123. The number of rotatable bonds is 10. The lowest BCUT2D eigenvalue weighted by atomic mass is 9.80. The quantitative estimate of drug-likeness (QED) is 0.0883. The molecule has 3 N–H and O–H groups in total. The minimum atomic E-state index is -1.43. The van der Waals surface area contributed by atoms with Crippen LogP contribution in [-0.4, -0.2) is 46.3 Å². The summed E-state index contributed by atoms with van der Waals surface area (Å²) in [6.45, 7) is 6.66. The van der Waals surface area contributed by atoms with Gasteiger partial charge in [-0.3, -0.25) is 0 Å². The number of methoxy groups -OCH3 is 1. The Bertz CT molecular complexity index is 1530. The van der Waals surface area contributed by atoms with Gasteiger partial charge in [0.05, 0.1) is 7.11 Å². The first-order valence-electron chi connectivity index (χ1n) is 15.4. The van der Waals surface area contributed by atoms with Crippen molar-refractivity contribution < 1.29 is 24.3 Å². The standard InChI is InChI=1S/C14H14ClN3O2.C13H13BO3.C8H10.C2H6/c1-20-13(19)11(9-10-5-3-2-4-6-10)17-12-7-8-16-14(15)18-12;15-14(16)12-6-8-13(9-7-12)17-10-11-4-2-1-3-5-11;1-2-8-6-4-3-5-7-8;1-2/h2-8,11H,9H2,1H3,(H,16,17,18);1-9,15-16H,10H2;3-7H,2H2,1H3;1-2H3. The third-order valence-electron chi connectivity index (χ3n) is 6.39. The Morgan fingerprint density at radius 2 is 1.34 bits per heavy atom. The molecule has 4 aromatic carbocycles. The zero-order valence-corrected chi connectivity index (χ0v) is 28.0. The van der Waals surface area contributed by atoms with Crippen molar-refractivity contribution in [3.8, 4) is 5.75 Å². The number of esters is 1. The summed E-state index contributed by atoms with van der Waals surface area (Å²) in [4.78, 5) is 19.6. The van der Waals surface area contributed by atoms with Crippen molar-refractivity contribution in [2.75, 3.05) is 12.4 Å². The number of carbonyl (C=O) groups is 1. The van der Waals surface area contributed by atoms with E-state index < -0.39 is 13.2 Å². The smallest absolute Gasteiger partial charge is 0.488 e. The Kier molecular flexibility index (Phi) is 18.6. The van der Waals surface area contributed by atoms with Gasteiger partial charge in [-0.15, -0.1) is 0 Å². The van der Waals surface area contributed by atoms with Crippen LogP contribution in [0.1, 0.15) is 37.5 Å². The van der Waals surface area contributed by atoms with E-state index in [0.29, 0.717) is 30.1 Å². The number of hydrogen-bond acceptors (Lipinski definition) is 8. The molecule has 47 heavy (non-hydrogen) atoms. The second kappa shape index (κ2) is 22.8. The summed E-state index contributed by atoms with van der Waals surface area (Å²) in [6, 6.07) is 37.8. The Balaban J connectivity index is 0.000000257. The van der Waals surface area contributed by atoms with Gasteiger partial charge in [-0.05, 0) is 58.4 Å². The molecule has 1 aromatic heterocycles. The second-order valence-corrected chi connectivity index (χ2v) is 10.0. The van der Waals surface area contributed by atoms with Crippen LogP contribution in [0, 0.1) is 0 Å². The van der Waals surface area contributed by atoms with Crippen molar-refractivity contribution in [3.05, 3.63) is 149 Å². The Morgan fingerprint density at radius 3 is 1.81 bits per heavy atom. The molecule has 0 fully saturated rings. The molecular formula is C37H43BClN3O5. The largest absolute Gasteiger partial charge is 0.489 e. The van der Waals surface area contributed by atoms with Crippen molar-refractivity contribution in [1.29, 1.82) is 0 Å². The average Bonchev–Trinajstić information content (AvgIpc) is 3.13. The van der Waals surface area contributed by atoms with Crippen molar-refractivity contribution in [2.24, 2.45) is 0 Å². The molecule has 1 heterocycles. The number of aryl methyl sites for hydroxylation is 1. The van der Waals surface area contributed by atoms with Crippen molar-refractivity contribution in [2.45, 2.75) is 46.3 Å². The Labute approximate surface area is 283 Å². The molecule has 8 nitrogen and oxygen atoms in total. The molecule has 0 aliphatic heterocycles. The lowest BCUT2D eigenvalue weighted by Gasteiger charge is -2.17. The highest BCUT2D eigenvalue weighted by atomic mass is 35.5. The highest BCUT2D eigenvalue weighted by Gasteiger charge is 2.20. The van der Waals surface area contributed by atoms with Gasteiger partial charge < -0.3 is 24.8 Å². The molecule has 1 unspecified atom stereocenters. The van der Waals surface area contributed by atoms with Crippen molar-refractivity contribution >= 4 is 36.0 Å². The van der Waals surface area contributed by atoms with Gasteiger partial charge in [-0.1, -0.05) is 124 Å². The highest BCUT2D eigenvalue weighted by Crippen LogP contribution is 2.13. The van der Waals surface area contributed by atoms with Gasteiger partial charge in [0.2, 0.25) is 5.28 Å². The fraction of sp³-hybridized carbons (Fsp3) is 0.216. The molecule has 0 spiro atoms. The second-order valence-electron chi connectivity index (χ2n) is 9.68. The number of nitrogens with zero attached hydrogens (tertiary/aromatic N) is 2. The average molecular weight is 656 g/mol. The number of carbonyl (C=O) groups excluding carboxylic acids is 1. The summed E-state index contributed by atoms with van der Waals surface area (Å²) in [5, 5.41) is 21.0. The summed E-state index contributed by atoms with van der Waals surface area (Å²) in [5.41, 5.74) is 3.99. The normalized spacial score (nSPS) is 10.3. The van der Waals surface area contributed by atoms with Crippen LogP contribution in [0.4, 0.5) is 5.82 Å². The van der Waals surface area contributed by atoms with Crippen molar-refractivity contribution in [1.82, 2.24) is 9.97 Å². The van der Waals surface area contributed by atoms with Crippen molar-refractivity contribution in [3.63, 3.8) is 0 Å². The topological polar surface area (TPSA) is 114 Å². The number of benzene rings is 4. The van der Waals surface area contributed by atoms with Crippen LogP contribution >= 0.6 is 11.6 Å². The number of ether oxygens (including phenoxy) is 2. The molecule has 0 saturated carbocycles. The summed E-state index contributed by atoms with van der Waals surface area (Å²) >= 11 is 5.72. The predicted octanol–water partition coefficient (Wildman–Crippen LogP) is 6.55. The minimum Gasteiger partial charge on any atom is -0.489 e. The van der Waals surface area contributed by atoms with Crippen LogP contribution in [0.3, 0.4) is 0 Å². The van der Waals surface area contributed by atoms with E-state index in [2.05, 4.69) is 46.5 Å². The van der Waals surface area contributed by atoms with E-state index in [1.807, 2.05) is 80.6 Å². The van der Waals surface area contributed by atoms with Gasteiger partial charge >= 0.3 is 13.1 Å². The van der Waals surface area contributed by atoms with Gasteiger partial charge in [0, 0.05) is 12.6 Å². The van der Waals surface area contributed by atoms with Gasteiger partial charge in [-0.25, -0.2) is 14.8 Å². The van der Waals surface area contributed by atoms with Crippen LogP contribution in [0.25, 0.3) is 0 Å². The molecule has 0 amide bonds. The van der Waals surface area contributed by atoms with Crippen LogP contribution in [0.15, 0.2) is 128 Å². The zero-order valence-electron chi connectivity index (χ0n) is 27.3. The first kappa shape index (κ1) is 38.5. The third-order valence-corrected chi connectivity index (χ3v) is 6.58. The maximum atomic E-state index is 11.8. The van der Waals surface area contributed by atoms with E-state index in [1.54, 1.807) is 30.3 Å². The highest BCUT2D eigenvalue weighted by molar-refractivity contribution is 6.58. The lowest BCUT2D eigenvalue weighted by molar-refractivity contribution is -0.141. The van der Waals surface area contributed by atoms with E-state index >= 15 is 0 Å². The maximum absolute atomic E-state index is 11.8. The monoisotopic (exact) mass is 655 g/mol. The molecule has 1 atom stereocenters. The molecule has 0 aliphatic carbocycles. The van der Waals surface area contributed by atoms with E-state index in [1.165, 1.54) is 18.9 Å². The van der Waals surface area contributed by atoms with E-state index in [-0.39, 0.29) is 11.3 Å². The summed E-state index contributed by atoms with van der Waals surface area (Å²) < 4.78 is 10.4. The Morgan fingerprint density at radius 1 is 0.809 bits per heavy atom. The fourth-order valence-corrected chi connectivity index (χ4v) is 4.12. The van der Waals surface area contributed by atoms with Crippen LogP contribution in [0.2, 0.25) is 5.28 Å². The molecule has 0 saturated heterocycles. The lowest BCUT2D eigenvalue weighted by Crippen LogP contribution is -2.33. The molecule has 5 rings (SSSR count). The maximum Gasteiger partial charge on any atom is 0.488 e. The van der Waals surface area contributed by atoms with E-state index in [0.717, 1.165) is 17.5 Å². The molecule has 10 heteroatoms. The van der Waals surface area contributed by atoms with Crippen LogP contribution in [-0.2, 0) is 29.0 Å². The van der Waals surface area contributed by atoms with E-state index in [4.69, 9.17) is 31.1 Å². The first-order chi connectivity index (χ1) is 22.9. The molecule has 0 bridgehead atoms. The molecule has 0 aliphatic rings. The number of anilines is 1. The number of nitrogens with one attached hydrogen (secondary N) is 1. The molecule has 5 aromatic rings. The van der Waals surface area contributed by atoms with Gasteiger partial charge in [0.25, 0.3) is 0 Å².